The molecule has 0 atom stereocenters. The maximum Gasteiger partial charge on any atom is 0.271 e. The number of hydrogen-bond donors (Lipinski definition) is 0. The molecule has 0 amide bonds. The lowest BCUT2D eigenvalue weighted by Crippen LogP contribution is -2.31. The summed E-state index contributed by atoms with van der Waals surface area (Å²) >= 11 is 5.92. The van der Waals surface area contributed by atoms with Crippen LogP contribution in [0.4, 0.5) is 11.4 Å². The summed E-state index contributed by atoms with van der Waals surface area (Å²) in [7, 11) is -3.93. The molecule has 0 saturated heterocycles. The highest BCUT2D eigenvalue weighted by molar-refractivity contribution is 7.93. The van der Waals surface area contributed by atoms with Gasteiger partial charge in [-0.1, -0.05) is 11.6 Å². The third-order valence-corrected chi connectivity index (χ3v) is 5.32. The third-order valence-electron chi connectivity index (χ3n) is 2.93. The van der Waals surface area contributed by atoms with Gasteiger partial charge in [0.15, 0.2) is 0 Å². The average molecular weight is 342 g/mol. The highest BCUT2D eigenvalue weighted by Gasteiger charge is 2.27. The lowest BCUT2D eigenvalue weighted by atomic mass is 10.3. The fourth-order valence-electron chi connectivity index (χ4n) is 1.93. The number of sulfonamides is 1. The molecule has 1 heterocycles. The topological polar surface area (TPSA) is 93.4 Å². The van der Waals surface area contributed by atoms with Crippen LogP contribution >= 0.6 is 11.6 Å². The van der Waals surface area contributed by atoms with E-state index in [9.17, 15) is 18.5 Å². The number of hydrogen-bond acceptors (Lipinski definition) is 5. The average Bonchev–Trinajstić information content (AvgIpc) is 2.48. The van der Waals surface area contributed by atoms with Gasteiger partial charge in [0.25, 0.3) is 15.7 Å². The molecule has 2 aromatic rings. The van der Waals surface area contributed by atoms with E-state index in [0.717, 1.165) is 22.5 Å². The first-order valence-corrected chi connectivity index (χ1v) is 8.06. The molecule has 7 nitrogen and oxygen atoms in total. The maximum atomic E-state index is 12.7. The Hall–Kier alpha value is -2.19. The molecule has 0 radical (unpaired) electrons. The van der Waals surface area contributed by atoms with E-state index in [1.807, 2.05) is 0 Å². The van der Waals surface area contributed by atoms with Crippen molar-refractivity contribution < 1.29 is 13.3 Å². The molecule has 116 valence electrons. The maximum absolute atomic E-state index is 12.7. The fourth-order valence-corrected chi connectivity index (χ4v) is 3.92. The lowest BCUT2D eigenvalue weighted by Gasteiger charge is -2.23. The molecule has 2 rings (SSSR count). The predicted molar refractivity (Wildman–Crippen MR) is 82.5 cm³/mol. The molecule has 9 heteroatoms. The predicted octanol–water partition coefficient (Wildman–Crippen LogP) is 2.86. The molecule has 0 bridgehead atoms. The zero-order valence-corrected chi connectivity index (χ0v) is 13.1. The SMILES string of the molecule is CCN(c1ccncc1)S(=O)(=O)c1ccc([N+](=O)[O-])cc1Cl. The molecule has 0 unspecified atom stereocenters. The number of rotatable bonds is 5. The molecule has 1 aromatic heterocycles. The second-order valence-corrected chi connectivity index (χ2v) is 6.48. The van der Waals surface area contributed by atoms with Gasteiger partial charge >= 0.3 is 0 Å². The molecule has 22 heavy (non-hydrogen) atoms. The van der Waals surface area contributed by atoms with Gasteiger partial charge in [0.1, 0.15) is 4.90 Å². The van der Waals surface area contributed by atoms with Crippen LogP contribution < -0.4 is 4.31 Å². The van der Waals surface area contributed by atoms with Gasteiger partial charge in [0.05, 0.1) is 15.6 Å². The molecule has 0 fully saturated rings. The normalized spacial score (nSPS) is 11.2. The van der Waals surface area contributed by atoms with Crippen molar-refractivity contribution in [2.45, 2.75) is 11.8 Å². The number of halogens is 1. The van der Waals surface area contributed by atoms with Gasteiger partial charge in [-0.05, 0) is 25.1 Å². The highest BCUT2D eigenvalue weighted by atomic mass is 35.5. The Bertz CT molecular complexity index is 796. The van der Waals surface area contributed by atoms with Gasteiger partial charge in [-0.3, -0.25) is 19.4 Å². The fraction of sp³-hybridized carbons (Fsp3) is 0.154. The van der Waals surface area contributed by atoms with E-state index >= 15 is 0 Å². The molecular weight excluding hydrogens is 330 g/mol. The van der Waals surface area contributed by atoms with E-state index in [1.165, 1.54) is 12.4 Å². The first-order valence-electron chi connectivity index (χ1n) is 6.24. The van der Waals surface area contributed by atoms with Crippen molar-refractivity contribution >= 4 is 33.0 Å². The van der Waals surface area contributed by atoms with Crippen molar-refractivity contribution in [3.63, 3.8) is 0 Å². The number of nitro groups is 1. The minimum Gasteiger partial charge on any atom is -0.266 e. The van der Waals surface area contributed by atoms with Gasteiger partial charge in [-0.2, -0.15) is 0 Å². The van der Waals surface area contributed by atoms with Crippen molar-refractivity contribution in [3.8, 4) is 0 Å². The Balaban J connectivity index is 2.52. The molecule has 0 saturated carbocycles. The van der Waals surface area contributed by atoms with Crippen LogP contribution in [0.1, 0.15) is 6.92 Å². The van der Waals surface area contributed by atoms with Crippen LogP contribution in [0, 0.1) is 10.1 Å². The second-order valence-electron chi connectivity index (χ2n) is 4.25. The minimum absolute atomic E-state index is 0.180. The Morgan fingerprint density at radius 3 is 2.41 bits per heavy atom. The number of non-ortho nitro benzene ring substituents is 1. The largest absolute Gasteiger partial charge is 0.271 e. The standard InChI is InChI=1S/C13H12ClN3O4S/c1-2-16(10-5-7-15-8-6-10)22(20,21)13-4-3-11(17(18)19)9-12(13)14/h3-9H,2H2,1H3. The van der Waals surface area contributed by atoms with Crippen LogP contribution in [-0.2, 0) is 10.0 Å². The smallest absolute Gasteiger partial charge is 0.266 e. The van der Waals surface area contributed by atoms with Crippen LogP contribution in [0.15, 0.2) is 47.6 Å². The van der Waals surface area contributed by atoms with Gasteiger partial charge in [0, 0.05) is 31.1 Å². The Morgan fingerprint density at radius 2 is 1.91 bits per heavy atom. The van der Waals surface area contributed by atoms with E-state index in [2.05, 4.69) is 4.98 Å². The van der Waals surface area contributed by atoms with Crippen LogP contribution in [-0.4, -0.2) is 24.9 Å². The van der Waals surface area contributed by atoms with E-state index < -0.39 is 14.9 Å². The van der Waals surface area contributed by atoms with Crippen molar-refractivity contribution in [2.24, 2.45) is 0 Å². The summed E-state index contributed by atoms with van der Waals surface area (Å²) in [6, 6.07) is 6.38. The lowest BCUT2D eigenvalue weighted by molar-refractivity contribution is -0.384. The van der Waals surface area contributed by atoms with Gasteiger partial charge in [-0.15, -0.1) is 0 Å². The second kappa shape index (κ2) is 6.29. The highest BCUT2D eigenvalue weighted by Crippen LogP contribution is 2.30. The third kappa shape index (κ3) is 3.02. The summed E-state index contributed by atoms with van der Waals surface area (Å²) in [5.41, 5.74) is 0.169. The van der Waals surface area contributed by atoms with Crippen LogP contribution in [0.2, 0.25) is 5.02 Å². The summed E-state index contributed by atoms with van der Waals surface area (Å²) in [5.74, 6) is 0. The molecule has 0 N–H and O–H groups in total. The molecule has 1 aromatic carbocycles. The van der Waals surface area contributed by atoms with Crippen molar-refractivity contribution in [2.75, 3.05) is 10.8 Å². The zero-order valence-electron chi connectivity index (χ0n) is 11.5. The number of aromatic nitrogens is 1. The van der Waals surface area contributed by atoms with Crippen molar-refractivity contribution in [1.82, 2.24) is 4.98 Å². The van der Waals surface area contributed by atoms with Crippen molar-refractivity contribution in [1.29, 1.82) is 0 Å². The van der Waals surface area contributed by atoms with Crippen molar-refractivity contribution in [3.05, 3.63) is 57.9 Å². The van der Waals surface area contributed by atoms with E-state index in [1.54, 1.807) is 19.1 Å². The molecule has 0 aliphatic heterocycles. The van der Waals surface area contributed by atoms with Crippen LogP contribution in [0.5, 0.6) is 0 Å². The van der Waals surface area contributed by atoms with E-state index in [4.69, 9.17) is 11.6 Å². The first-order chi connectivity index (χ1) is 10.4. The number of nitrogens with zero attached hydrogens (tertiary/aromatic N) is 3. The summed E-state index contributed by atoms with van der Waals surface area (Å²) in [6.45, 7) is 1.86. The Morgan fingerprint density at radius 1 is 1.27 bits per heavy atom. The van der Waals surface area contributed by atoms with E-state index in [0.29, 0.717) is 5.69 Å². The van der Waals surface area contributed by atoms with Gasteiger partial charge in [0.2, 0.25) is 0 Å². The van der Waals surface area contributed by atoms with Crippen LogP contribution in [0.3, 0.4) is 0 Å². The summed E-state index contributed by atoms with van der Waals surface area (Å²) in [5, 5.41) is 10.5. The molecule has 0 spiro atoms. The summed E-state index contributed by atoms with van der Waals surface area (Å²) in [4.78, 5) is 13.7. The Kier molecular flexibility index (Phi) is 4.62. The van der Waals surface area contributed by atoms with Crippen LogP contribution in [0.25, 0.3) is 0 Å². The summed E-state index contributed by atoms with van der Waals surface area (Å²) < 4.78 is 26.6. The molecular formula is C13H12ClN3O4S. The zero-order chi connectivity index (χ0) is 16.3. The monoisotopic (exact) mass is 341 g/mol. The van der Waals surface area contributed by atoms with Gasteiger partial charge < -0.3 is 0 Å². The minimum atomic E-state index is -3.93. The number of benzene rings is 1. The summed E-state index contributed by atoms with van der Waals surface area (Å²) in [6.07, 6.45) is 2.95. The molecule has 0 aliphatic rings. The number of pyridine rings is 1. The first kappa shape index (κ1) is 16.2. The number of nitro benzene ring substituents is 1. The Labute approximate surface area is 132 Å². The number of anilines is 1. The quantitative estimate of drug-likeness (QED) is 0.615. The molecule has 0 aliphatic carbocycles. The van der Waals surface area contributed by atoms with E-state index in [-0.39, 0.29) is 22.2 Å². The van der Waals surface area contributed by atoms with Gasteiger partial charge in [-0.25, -0.2) is 8.42 Å².